The van der Waals surface area contributed by atoms with Crippen LogP contribution < -0.4 is 10.6 Å². The molecule has 15 heteroatoms. The topological polar surface area (TPSA) is 153 Å². The van der Waals surface area contributed by atoms with Crippen molar-refractivity contribution < 1.29 is 14.6 Å². The van der Waals surface area contributed by atoms with Gasteiger partial charge in [0.05, 0.1) is 22.2 Å². The number of anilines is 4. The van der Waals surface area contributed by atoms with E-state index in [1.807, 2.05) is 24.3 Å². The van der Waals surface area contributed by atoms with Gasteiger partial charge in [0.15, 0.2) is 0 Å². The molecular weight excluding hydrogens is 719 g/mol. The Kier molecular flexibility index (Phi) is 10.2. The molecule has 2 heterocycles. The summed E-state index contributed by atoms with van der Waals surface area (Å²) in [5.41, 5.74) is 3.80. The predicted molar refractivity (Wildman–Crippen MR) is 200 cm³/mol. The lowest BCUT2D eigenvalue weighted by molar-refractivity contribution is -0.384. The van der Waals surface area contributed by atoms with E-state index < -0.39 is 21.7 Å². The van der Waals surface area contributed by atoms with Crippen LogP contribution in [0.2, 0.25) is 8.67 Å². The lowest BCUT2D eigenvalue weighted by Crippen LogP contribution is -2.17. The fourth-order valence-electron chi connectivity index (χ4n) is 5.40. The average molecular weight is 746 g/mol. The van der Waals surface area contributed by atoms with E-state index in [-0.39, 0.29) is 28.5 Å². The first-order valence-electron chi connectivity index (χ1n) is 15.0. The summed E-state index contributed by atoms with van der Waals surface area (Å²) in [5, 5.41) is 31.9. The van der Waals surface area contributed by atoms with Crippen molar-refractivity contribution in [2.75, 3.05) is 10.6 Å². The van der Waals surface area contributed by atoms with Crippen LogP contribution in [0.5, 0.6) is 0 Å². The second-order valence-corrected chi connectivity index (χ2v) is 14.6. The average Bonchev–Trinajstić information content (AvgIpc) is 3.75. The molecule has 0 aliphatic carbocycles. The molecule has 4 aromatic carbocycles. The SMILES string of the molecule is CC(C(=O)C(C)c1ccc(Nc2cccc(-c3ncc(Cl)s3)c2)c([N+](=O)[O-])c1)c1ccc(Nc2cccc(-c3ncc(Cl)s3)c2)c([N+](=O)[O-])c1. The van der Waals surface area contributed by atoms with Crippen LogP contribution in [-0.4, -0.2) is 25.6 Å². The Bertz CT molecular complexity index is 2100. The number of rotatable bonds is 12. The number of halogens is 2. The predicted octanol–water partition coefficient (Wildman–Crippen LogP) is 11.0. The standard InChI is InChI=1S/C35H26Cl2N6O5S2/c1-19(21-9-11-27(29(15-21)42(45)46)40-25-7-3-5-23(13-25)34-38-17-31(36)49-34)33(44)20(2)22-10-12-28(30(16-22)43(47)48)41-26-8-4-6-24(14-26)35-39-18-32(37)50-35/h3-20,40-41H,1-2H3. The number of aromatic nitrogens is 2. The zero-order valence-electron chi connectivity index (χ0n) is 26.3. The van der Waals surface area contributed by atoms with Crippen LogP contribution in [0.4, 0.5) is 34.1 Å². The summed E-state index contributed by atoms with van der Waals surface area (Å²) in [7, 11) is 0. The minimum atomic E-state index is -0.741. The number of nitrogens with one attached hydrogen (secondary N) is 2. The van der Waals surface area contributed by atoms with Crippen molar-refractivity contribution in [1.82, 2.24) is 9.97 Å². The summed E-state index contributed by atoms with van der Waals surface area (Å²) in [6, 6.07) is 23.8. The van der Waals surface area contributed by atoms with Gasteiger partial charge in [-0.25, -0.2) is 9.97 Å². The van der Waals surface area contributed by atoms with E-state index in [1.54, 1.807) is 74.8 Å². The molecule has 0 aliphatic rings. The summed E-state index contributed by atoms with van der Waals surface area (Å²) >= 11 is 14.7. The Balaban J connectivity index is 1.20. The molecule has 0 saturated carbocycles. The highest BCUT2D eigenvalue weighted by Crippen LogP contribution is 2.38. The summed E-state index contributed by atoms with van der Waals surface area (Å²) in [5.74, 6) is -1.73. The quantitative estimate of drug-likeness (QED) is 0.0920. The number of nitrogens with zero attached hydrogens (tertiary/aromatic N) is 4. The number of hydrogen-bond acceptors (Lipinski definition) is 11. The van der Waals surface area contributed by atoms with Crippen LogP contribution in [0.25, 0.3) is 21.1 Å². The Morgan fingerprint density at radius 3 is 1.46 bits per heavy atom. The van der Waals surface area contributed by atoms with Crippen LogP contribution in [0.15, 0.2) is 97.3 Å². The molecule has 50 heavy (non-hydrogen) atoms. The first-order valence-corrected chi connectivity index (χ1v) is 17.4. The first-order chi connectivity index (χ1) is 24.0. The third-order valence-corrected chi connectivity index (χ3v) is 10.4. The van der Waals surface area contributed by atoms with Crippen molar-refractivity contribution in [1.29, 1.82) is 0 Å². The molecule has 6 aromatic rings. The van der Waals surface area contributed by atoms with Gasteiger partial charge in [-0.3, -0.25) is 25.0 Å². The summed E-state index contributed by atoms with van der Waals surface area (Å²) in [4.78, 5) is 45.5. The van der Waals surface area contributed by atoms with Crippen molar-refractivity contribution in [2.45, 2.75) is 25.7 Å². The van der Waals surface area contributed by atoms with E-state index in [9.17, 15) is 25.0 Å². The number of ketones is 1. The van der Waals surface area contributed by atoms with Crippen molar-refractivity contribution in [3.63, 3.8) is 0 Å². The number of carbonyl (C=O) groups is 1. The molecule has 0 saturated heterocycles. The number of nitro groups is 2. The van der Waals surface area contributed by atoms with E-state index >= 15 is 0 Å². The Hall–Kier alpha value is -5.21. The zero-order chi connectivity index (χ0) is 35.5. The number of hydrogen-bond donors (Lipinski definition) is 2. The first kappa shape index (κ1) is 34.6. The molecular formula is C35H26Cl2N6O5S2. The van der Waals surface area contributed by atoms with E-state index in [1.165, 1.54) is 34.8 Å². The van der Waals surface area contributed by atoms with E-state index in [0.717, 1.165) is 11.1 Å². The van der Waals surface area contributed by atoms with Gasteiger partial charge in [0.1, 0.15) is 35.8 Å². The maximum atomic E-state index is 13.7. The van der Waals surface area contributed by atoms with Gasteiger partial charge in [-0.2, -0.15) is 0 Å². The highest BCUT2D eigenvalue weighted by Gasteiger charge is 2.27. The van der Waals surface area contributed by atoms with Gasteiger partial charge >= 0.3 is 0 Å². The fraction of sp³-hybridized carbons (Fsp3) is 0.114. The van der Waals surface area contributed by atoms with Crippen molar-refractivity contribution in [2.24, 2.45) is 0 Å². The van der Waals surface area contributed by atoms with Crippen molar-refractivity contribution in [3.8, 4) is 21.1 Å². The summed E-state index contributed by atoms with van der Waals surface area (Å²) < 4.78 is 1.10. The van der Waals surface area contributed by atoms with E-state index in [2.05, 4.69) is 20.6 Å². The van der Waals surface area contributed by atoms with Crippen LogP contribution in [-0.2, 0) is 4.79 Å². The molecule has 0 fully saturated rings. The molecule has 2 atom stereocenters. The third-order valence-electron chi connectivity index (χ3n) is 8.02. The maximum absolute atomic E-state index is 13.7. The van der Waals surface area contributed by atoms with Gasteiger partial charge in [-0.1, -0.05) is 73.4 Å². The second-order valence-electron chi connectivity index (χ2n) is 11.3. The van der Waals surface area contributed by atoms with Crippen LogP contribution in [0.1, 0.15) is 36.8 Å². The van der Waals surface area contributed by atoms with Gasteiger partial charge in [0, 0.05) is 46.5 Å². The molecule has 0 bridgehead atoms. The molecule has 6 rings (SSSR count). The van der Waals surface area contributed by atoms with Gasteiger partial charge in [-0.15, -0.1) is 22.7 Å². The highest BCUT2D eigenvalue weighted by atomic mass is 35.5. The van der Waals surface area contributed by atoms with Crippen molar-refractivity contribution >= 4 is 85.8 Å². The van der Waals surface area contributed by atoms with Gasteiger partial charge in [0.25, 0.3) is 11.4 Å². The van der Waals surface area contributed by atoms with Crippen LogP contribution in [0, 0.1) is 20.2 Å². The van der Waals surface area contributed by atoms with Crippen LogP contribution >= 0.6 is 45.9 Å². The smallest absolute Gasteiger partial charge is 0.292 e. The molecule has 0 spiro atoms. The fourth-order valence-corrected chi connectivity index (χ4v) is 7.22. The summed E-state index contributed by atoms with van der Waals surface area (Å²) in [6.07, 6.45) is 3.12. The molecule has 2 N–H and O–H groups in total. The lowest BCUT2D eigenvalue weighted by Gasteiger charge is -2.18. The highest BCUT2D eigenvalue weighted by molar-refractivity contribution is 7.19. The van der Waals surface area contributed by atoms with Crippen LogP contribution in [0.3, 0.4) is 0 Å². The summed E-state index contributed by atoms with van der Waals surface area (Å²) in [6.45, 7) is 3.33. The Morgan fingerprint density at radius 1 is 0.680 bits per heavy atom. The molecule has 0 aliphatic heterocycles. The maximum Gasteiger partial charge on any atom is 0.292 e. The Labute approximate surface area is 303 Å². The molecule has 0 amide bonds. The molecule has 0 radical (unpaired) electrons. The third kappa shape index (κ3) is 7.66. The minimum absolute atomic E-state index is 0.203. The van der Waals surface area contributed by atoms with Gasteiger partial charge in [0.2, 0.25) is 0 Å². The number of benzene rings is 4. The molecule has 2 unspecified atom stereocenters. The Morgan fingerprint density at radius 2 is 1.10 bits per heavy atom. The number of thiazole rings is 2. The number of nitro benzene ring substituents is 2. The molecule has 2 aromatic heterocycles. The normalized spacial score (nSPS) is 12.2. The monoisotopic (exact) mass is 744 g/mol. The number of carbonyl (C=O) groups excluding carboxylic acids is 1. The largest absolute Gasteiger partial charge is 0.350 e. The molecule has 11 nitrogen and oxygen atoms in total. The van der Waals surface area contributed by atoms with E-state index in [4.69, 9.17) is 23.2 Å². The zero-order valence-corrected chi connectivity index (χ0v) is 29.4. The number of Topliss-reactive ketones (excluding diaryl/α,β-unsaturated/α-hetero) is 1. The minimum Gasteiger partial charge on any atom is -0.350 e. The second kappa shape index (κ2) is 14.7. The molecule has 252 valence electrons. The van der Waals surface area contributed by atoms with Gasteiger partial charge < -0.3 is 10.6 Å². The van der Waals surface area contributed by atoms with Gasteiger partial charge in [-0.05, 0) is 47.5 Å². The van der Waals surface area contributed by atoms with Crippen molar-refractivity contribution in [3.05, 3.63) is 137 Å². The van der Waals surface area contributed by atoms with E-state index in [0.29, 0.717) is 41.2 Å². The lowest BCUT2D eigenvalue weighted by atomic mass is 9.85.